The molecule has 4 bridgehead atoms. The van der Waals surface area contributed by atoms with E-state index in [1.807, 2.05) is 6.20 Å². The highest BCUT2D eigenvalue weighted by atomic mass is 15.3. The van der Waals surface area contributed by atoms with Gasteiger partial charge in [0.05, 0.1) is 22.6 Å². The maximum atomic E-state index is 5.02. The quantitative estimate of drug-likeness (QED) is 0.494. The fourth-order valence-electron chi connectivity index (χ4n) is 8.67. The Kier molecular flexibility index (Phi) is 3.30. The highest BCUT2D eigenvalue weighted by Crippen LogP contribution is 2.69. The summed E-state index contributed by atoms with van der Waals surface area (Å²) < 4.78 is 2.47. The molecular weight excluding hydrogens is 366 g/mol. The monoisotopic (exact) mass is 397 g/mol. The molecule has 1 aromatic carbocycles. The number of pyridine rings is 1. The van der Waals surface area contributed by atoms with Gasteiger partial charge in [-0.05, 0) is 93.4 Å². The molecule has 0 amide bonds. The lowest BCUT2D eigenvalue weighted by atomic mass is 9.47. The summed E-state index contributed by atoms with van der Waals surface area (Å²) in [5.74, 6) is 3.42. The van der Waals surface area contributed by atoms with E-state index in [0.29, 0.717) is 6.04 Å². The van der Waals surface area contributed by atoms with Gasteiger partial charge in [-0.15, -0.1) is 0 Å². The molecule has 154 valence electrons. The van der Waals surface area contributed by atoms with Crippen LogP contribution in [0.1, 0.15) is 61.9 Å². The van der Waals surface area contributed by atoms with Gasteiger partial charge in [-0.2, -0.15) is 0 Å². The predicted octanol–water partition coefficient (Wildman–Crippen LogP) is 6.11. The third-order valence-electron chi connectivity index (χ3n) is 9.34. The van der Waals surface area contributed by atoms with E-state index in [9.17, 15) is 0 Å². The third-order valence-corrected chi connectivity index (χ3v) is 9.34. The maximum Gasteiger partial charge on any atom is 0.0940 e. The normalized spacial score (nSPS) is 36.2. The summed E-state index contributed by atoms with van der Waals surface area (Å²) in [5, 5.41) is 0. The minimum absolute atomic E-state index is 0.113. The molecule has 1 spiro atoms. The Morgan fingerprint density at radius 2 is 1.63 bits per heavy atom. The lowest BCUT2D eigenvalue weighted by molar-refractivity contribution is -0.0597. The van der Waals surface area contributed by atoms with Crippen LogP contribution in [0.2, 0.25) is 0 Å². The molecule has 0 N–H and O–H groups in total. The van der Waals surface area contributed by atoms with Gasteiger partial charge in [-0.3, -0.25) is 4.98 Å². The van der Waals surface area contributed by atoms with Crippen LogP contribution in [-0.4, -0.2) is 9.55 Å². The van der Waals surface area contributed by atoms with E-state index >= 15 is 0 Å². The number of benzene rings is 1. The number of aromatic nitrogens is 2. The number of hydrogen-bond donors (Lipinski definition) is 0. The fraction of sp³-hybridized carbons (Fsp3) is 0.519. The van der Waals surface area contributed by atoms with Crippen molar-refractivity contribution in [1.82, 2.24) is 9.55 Å². The third kappa shape index (κ3) is 1.87. The van der Waals surface area contributed by atoms with Crippen LogP contribution in [0.4, 0.5) is 5.69 Å². The van der Waals surface area contributed by atoms with Crippen LogP contribution in [0, 0.1) is 30.6 Å². The molecule has 3 nitrogen and oxygen atoms in total. The highest BCUT2D eigenvalue weighted by Gasteiger charge is 2.66. The lowest BCUT2D eigenvalue weighted by Crippen LogP contribution is -2.62. The summed E-state index contributed by atoms with van der Waals surface area (Å²) >= 11 is 0. The SMILES string of the molecule is Cc1ccccc1N1C(C)c2c(c3ncccc3n2C)C12C1CC3CC(C1)CC2C3. The maximum absolute atomic E-state index is 5.02. The van der Waals surface area contributed by atoms with E-state index in [-0.39, 0.29) is 5.54 Å². The molecule has 1 aliphatic heterocycles. The van der Waals surface area contributed by atoms with Crippen molar-refractivity contribution in [3.8, 4) is 0 Å². The first kappa shape index (κ1) is 17.4. The molecule has 0 saturated heterocycles. The van der Waals surface area contributed by atoms with E-state index in [2.05, 4.69) is 66.8 Å². The fourth-order valence-corrected chi connectivity index (χ4v) is 8.67. The average molecular weight is 398 g/mol. The van der Waals surface area contributed by atoms with Gasteiger partial charge in [0.15, 0.2) is 0 Å². The predicted molar refractivity (Wildman–Crippen MR) is 122 cm³/mol. The van der Waals surface area contributed by atoms with Crippen LogP contribution in [0.3, 0.4) is 0 Å². The summed E-state index contributed by atoms with van der Waals surface area (Å²) in [6.07, 6.45) is 9.13. The summed E-state index contributed by atoms with van der Waals surface area (Å²) in [4.78, 5) is 7.90. The van der Waals surface area contributed by atoms with E-state index in [0.717, 1.165) is 23.7 Å². The van der Waals surface area contributed by atoms with Gasteiger partial charge in [-0.25, -0.2) is 0 Å². The van der Waals surface area contributed by atoms with Crippen molar-refractivity contribution in [1.29, 1.82) is 0 Å². The lowest BCUT2D eigenvalue weighted by Gasteiger charge is -2.64. The number of aryl methyl sites for hydroxylation is 2. The van der Waals surface area contributed by atoms with E-state index in [1.165, 1.54) is 60.1 Å². The number of hydrogen-bond acceptors (Lipinski definition) is 2. The van der Waals surface area contributed by atoms with Crippen molar-refractivity contribution < 1.29 is 0 Å². The van der Waals surface area contributed by atoms with Crippen LogP contribution >= 0.6 is 0 Å². The molecule has 30 heavy (non-hydrogen) atoms. The topological polar surface area (TPSA) is 21.1 Å². The van der Waals surface area contributed by atoms with Gasteiger partial charge < -0.3 is 9.47 Å². The standard InChI is InChI=1S/C27H31N3/c1-16-7-4-5-8-22(16)30-17(2)26-24(25-23(29(26)3)9-6-10-28-25)27(30)20-12-18-11-19(14-20)15-21(27)13-18/h4-10,17-21H,11-15H2,1-3H3. The average Bonchev–Trinajstić information content (AvgIpc) is 3.18. The van der Waals surface area contributed by atoms with Crippen molar-refractivity contribution in [2.45, 2.75) is 57.5 Å². The molecule has 1 unspecified atom stereocenters. The van der Waals surface area contributed by atoms with Crippen molar-refractivity contribution in [3.05, 3.63) is 59.4 Å². The highest BCUT2D eigenvalue weighted by molar-refractivity contribution is 5.86. The Hall–Kier alpha value is -2.29. The van der Waals surface area contributed by atoms with E-state index in [1.54, 1.807) is 5.56 Å². The van der Waals surface area contributed by atoms with Gasteiger partial charge >= 0.3 is 0 Å². The van der Waals surface area contributed by atoms with Crippen molar-refractivity contribution in [3.63, 3.8) is 0 Å². The van der Waals surface area contributed by atoms with E-state index in [4.69, 9.17) is 4.98 Å². The molecule has 4 fully saturated rings. The van der Waals surface area contributed by atoms with Gasteiger partial charge in [0.25, 0.3) is 0 Å². The molecule has 5 aliphatic rings. The molecular formula is C27H31N3. The number of anilines is 1. The smallest absolute Gasteiger partial charge is 0.0940 e. The summed E-state index contributed by atoms with van der Waals surface area (Å²) in [6.45, 7) is 4.75. The molecule has 0 radical (unpaired) electrons. The molecule has 4 aliphatic carbocycles. The Morgan fingerprint density at radius 3 is 2.33 bits per heavy atom. The Bertz CT molecular complexity index is 1140. The van der Waals surface area contributed by atoms with Gasteiger partial charge in [0.1, 0.15) is 0 Å². The van der Waals surface area contributed by atoms with Crippen LogP contribution in [0.15, 0.2) is 42.6 Å². The first-order valence-electron chi connectivity index (χ1n) is 11.9. The number of para-hydroxylation sites is 1. The molecule has 8 rings (SSSR count). The molecule has 1 atom stereocenters. The van der Waals surface area contributed by atoms with Crippen molar-refractivity contribution in [2.75, 3.05) is 4.90 Å². The Labute approximate surface area is 179 Å². The molecule has 2 aromatic heterocycles. The molecule has 3 heteroatoms. The largest absolute Gasteiger partial charge is 0.353 e. The Morgan fingerprint density at radius 1 is 0.933 bits per heavy atom. The van der Waals surface area contributed by atoms with Crippen molar-refractivity contribution in [2.24, 2.45) is 30.7 Å². The summed E-state index contributed by atoms with van der Waals surface area (Å²) in [6, 6.07) is 13.8. The second-order valence-corrected chi connectivity index (χ2v) is 10.7. The van der Waals surface area contributed by atoms with Crippen LogP contribution < -0.4 is 4.90 Å². The van der Waals surface area contributed by atoms with E-state index < -0.39 is 0 Å². The van der Waals surface area contributed by atoms with Gasteiger partial charge in [0.2, 0.25) is 0 Å². The second-order valence-electron chi connectivity index (χ2n) is 10.7. The minimum atomic E-state index is 0.113. The van der Waals surface area contributed by atoms with Crippen LogP contribution in [0.5, 0.6) is 0 Å². The number of rotatable bonds is 1. The zero-order chi connectivity index (χ0) is 20.2. The van der Waals surface area contributed by atoms with Gasteiger partial charge in [0, 0.05) is 30.2 Å². The van der Waals surface area contributed by atoms with Crippen molar-refractivity contribution >= 4 is 16.7 Å². The summed E-state index contributed by atoms with van der Waals surface area (Å²) in [5.41, 5.74) is 8.64. The zero-order valence-corrected chi connectivity index (χ0v) is 18.3. The molecule has 3 heterocycles. The molecule has 3 aromatic rings. The first-order chi connectivity index (χ1) is 14.6. The summed E-state index contributed by atoms with van der Waals surface area (Å²) in [7, 11) is 2.27. The van der Waals surface area contributed by atoms with Gasteiger partial charge in [-0.1, -0.05) is 18.2 Å². The number of nitrogens with zero attached hydrogens (tertiary/aromatic N) is 3. The zero-order valence-electron chi connectivity index (χ0n) is 18.3. The Balaban J connectivity index is 1.58. The van der Waals surface area contributed by atoms with Crippen LogP contribution in [-0.2, 0) is 12.6 Å². The van der Waals surface area contributed by atoms with Crippen LogP contribution in [0.25, 0.3) is 11.0 Å². The minimum Gasteiger partial charge on any atom is -0.353 e. The second kappa shape index (κ2) is 5.69. The molecule has 4 saturated carbocycles. The number of fused-ring (bicyclic) bond motifs is 3. The first-order valence-corrected chi connectivity index (χ1v) is 11.9.